The van der Waals surface area contributed by atoms with Crippen LogP contribution >= 0.6 is 11.6 Å². The molecule has 1 fully saturated rings. The van der Waals surface area contributed by atoms with E-state index in [9.17, 15) is 18.4 Å². The highest BCUT2D eigenvalue weighted by molar-refractivity contribution is 6.32. The van der Waals surface area contributed by atoms with Gasteiger partial charge in [-0.2, -0.15) is 8.78 Å². The molecular weight excluding hydrogens is 342 g/mol. The molecule has 0 spiro atoms. The number of carbonyl (C=O) groups is 2. The number of likely N-dealkylation sites (tertiary alicyclic amines) is 1. The van der Waals surface area contributed by atoms with Crippen molar-refractivity contribution >= 4 is 23.4 Å². The van der Waals surface area contributed by atoms with Crippen molar-refractivity contribution in [1.29, 1.82) is 0 Å². The van der Waals surface area contributed by atoms with E-state index in [4.69, 9.17) is 11.6 Å². The van der Waals surface area contributed by atoms with Crippen LogP contribution in [0.1, 0.15) is 30.1 Å². The van der Waals surface area contributed by atoms with E-state index in [1.165, 1.54) is 25.1 Å². The van der Waals surface area contributed by atoms with E-state index in [1.54, 1.807) is 16.8 Å². The number of hydrogen-bond acceptors (Lipinski definition) is 3. The van der Waals surface area contributed by atoms with Gasteiger partial charge in [0.05, 0.1) is 5.02 Å². The molecule has 1 aromatic rings. The Balaban J connectivity index is 2.10. The maximum absolute atomic E-state index is 12.6. The van der Waals surface area contributed by atoms with Crippen molar-refractivity contribution in [3.05, 3.63) is 28.8 Å². The lowest BCUT2D eigenvalue weighted by Crippen LogP contribution is -2.49. The highest BCUT2D eigenvalue weighted by Crippen LogP contribution is 2.28. The van der Waals surface area contributed by atoms with Crippen LogP contribution in [0.4, 0.5) is 8.78 Å². The molecule has 2 amide bonds. The number of benzene rings is 1. The van der Waals surface area contributed by atoms with Crippen LogP contribution in [0, 0.1) is 0 Å². The zero-order valence-electron chi connectivity index (χ0n) is 13.5. The van der Waals surface area contributed by atoms with E-state index >= 15 is 0 Å². The van der Waals surface area contributed by atoms with Gasteiger partial charge in [0.25, 0.3) is 5.91 Å². The minimum absolute atomic E-state index is 0.0305. The van der Waals surface area contributed by atoms with Crippen molar-refractivity contribution in [1.82, 2.24) is 9.80 Å². The summed E-state index contributed by atoms with van der Waals surface area (Å²) in [4.78, 5) is 27.4. The van der Waals surface area contributed by atoms with Crippen LogP contribution in [-0.2, 0) is 4.79 Å². The third-order valence-corrected chi connectivity index (χ3v) is 4.42. The van der Waals surface area contributed by atoms with Crippen LogP contribution in [0.25, 0.3) is 0 Å². The van der Waals surface area contributed by atoms with Gasteiger partial charge in [0, 0.05) is 38.7 Å². The predicted octanol–water partition coefficient (Wildman–Crippen LogP) is 3.02. The summed E-state index contributed by atoms with van der Waals surface area (Å²) in [5.41, 5.74) is 0.299. The van der Waals surface area contributed by atoms with Crippen LogP contribution in [0.15, 0.2) is 18.2 Å². The Morgan fingerprint density at radius 2 is 2.12 bits per heavy atom. The van der Waals surface area contributed by atoms with Crippen molar-refractivity contribution in [2.24, 2.45) is 0 Å². The summed E-state index contributed by atoms with van der Waals surface area (Å²) in [6, 6.07) is 3.95. The second kappa shape index (κ2) is 7.79. The molecule has 5 nitrogen and oxygen atoms in total. The zero-order valence-corrected chi connectivity index (χ0v) is 14.2. The fraction of sp³-hybridized carbons (Fsp3) is 0.500. The van der Waals surface area contributed by atoms with Crippen molar-refractivity contribution in [3.63, 3.8) is 0 Å². The summed E-state index contributed by atoms with van der Waals surface area (Å²) in [6.45, 7) is -0.480. The average Bonchev–Trinajstić information content (AvgIpc) is 2.55. The molecule has 1 aliphatic heterocycles. The van der Waals surface area contributed by atoms with E-state index in [2.05, 4.69) is 4.74 Å². The summed E-state index contributed by atoms with van der Waals surface area (Å²) < 4.78 is 28.8. The van der Waals surface area contributed by atoms with Gasteiger partial charge in [-0.05, 0) is 31.0 Å². The molecule has 0 saturated carbocycles. The molecule has 1 aliphatic rings. The number of ether oxygens (including phenoxy) is 1. The van der Waals surface area contributed by atoms with E-state index in [-0.39, 0.29) is 28.6 Å². The van der Waals surface area contributed by atoms with Crippen LogP contribution < -0.4 is 4.74 Å². The lowest BCUT2D eigenvalue weighted by Gasteiger charge is -2.37. The molecule has 0 aromatic heterocycles. The van der Waals surface area contributed by atoms with Gasteiger partial charge in [0.15, 0.2) is 0 Å². The minimum Gasteiger partial charge on any atom is -0.433 e. The molecule has 1 aromatic carbocycles. The number of amides is 2. The number of alkyl halides is 2. The maximum Gasteiger partial charge on any atom is 0.387 e. The van der Waals surface area contributed by atoms with Gasteiger partial charge >= 0.3 is 6.61 Å². The Bertz CT molecular complexity index is 627. The predicted molar refractivity (Wildman–Crippen MR) is 85.5 cm³/mol. The Morgan fingerprint density at radius 1 is 1.42 bits per heavy atom. The van der Waals surface area contributed by atoms with E-state index in [0.29, 0.717) is 18.7 Å². The quantitative estimate of drug-likeness (QED) is 0.829. The number of piperidine rings is 1. The minimum atomic E-state index is -2.98. The molecular formula is C16H19ClF2N2O3. The van der Waals surface area contributed by atoms with Crippen LogP contribution in [-0.4, -0.2) is 54.4 Å². The number of carbonyl (C=O) groups excluding carboxylic acids is 2. The van der Waals surface area contributed by atoms with Crippen LogP contribution in [0.2, 0.25) is 5.02 Å². The Labute approximate surface area is 144 Å². The first-order chi connectivity index (χ1) is 11.3. The number of hydrogen-bond donors (Lipinski definition) is 0. The first-order valence-electron chi connectivity index (χ1n) is 7.56. The van der Waals surface area contributed by atoms with Gasteiger partial charge in [0.1, 0.15) is 5.75 Å². The smallest absolute Gasteiger partial charge is 0.387 e. The Hall–Kier alpha value is -1.89. The van der Waals surface area contributed by atoms with Gasteiger partial charge in [-0.25, -0.2) is 0 Å². The van der Waals surface area contributed by atoms with Crippen molar-refractivity contribution < 1.29 is 23.1 Å². The summed E-state index contributed by atoms with van der Waals surface area (Å²) in [6.07, 6.45) is 1.62. The van der Waals surface area contributed by atoms with E-state index in [0.717, 1.165) is 12.8 Å². The van der Waals surface area contributed by atoms with E-state index < -0.39 is 6.61 Å². The van der Waals surface area contributed by atoms with Gasteiger partial charge < -0.3 is 14.5 Å². The molecule has 1 saturated heterocycles. The molecule has 0 bridgehead atoms. The van der Waals surface area contributed by atoms with Gasteiger partial charge in [-0.3, -0.25) is 9.59 Å². The van der Waals surface area contributed by atoms with Crippen molar-refractivity contribution in [2.45, 2.75) is 32.4 Å². The molecule has 0 aliphatic carbocycles. The maximum atomic E-state index is 12.6. The standard InChI is InChI=1S/C16H19ClF2N2O3/c1-10(22)20(2)12-4-3-7-21(9-12)15(23)11-5-6-14(13(17)8-11)24-16(18)19/h5-6,8,12,16H,3-4,7,9H2,1-2H3/t12-/m0/s1. The number of nitrogens with zero attached hydrogens (tertiary/aromatic N) is 2. The number of rotatable bonds is 4. The van der Waals surface area contributed by atoms with E-state index in [1.807, 2.05) is 0 Å². The van der Waals surface area contributed by atoms with Gasteiger partial charge in [-0.15, -0.1) is 0 Å². The molecule has 24 heavy (non-hydrogen) atoms. The molecule has 1 heterocycles. The van der Waals surface area contributed by atoms with Crippen molar-refractivity contribution in [3.8, 4) is 5.75 Å². The fourth-order valence-electron chi connectivity index (χ4n) is 2.72. The first-order valence-corrected chi connectivity index (χ1v) is 7.94. The highest BCUT2D eigenvalue weighted by Gasteiger charge is 2.28. The Kier molecular flexibility index (Phi) is 5.99. The SMILES string of the molecule is CC(=O)N(C)[C@H]1CCCN(C(=O)c2ccc(OC(F)F)c(Cl)c2)C1. The van der Waals surface area contributed by atoms with Crippen LogP contribution in [0.5, 0.6) is 5.75 Å². The number of likely N-dealkylation sites (N-methyl/N-ethyl adjacent to an activating group) is 1. The molecule has 0 N–H and O–H groups in total. The Morgan fingerprint density at radius 3 is 2.71 bits per heavy atom. The monoisotopic (exact) mass is 360 g/mol. The topological polar surface area (TPSA) is 49.9 Å². The summed E-state index contributed by atoms with van der Waals surface area (Å²) in [5.74, 6) is -0.468. The zero-order chi connectivity index (χ0) is 17.9. The normalized spacial score (nSPS) is 17.8. The van der Waals surface area contributed by atoms with Crippen LogP contribution in [0.3, 0.4) is 0 Å². The summed E-state index contributed by atoms with van der Waals surface area (Å²) in [7, 11) is 1.72. The van der Waals surface area contributed by atoms with Gasteiger partial charge in [-0.1, -0.05) is 11.6 Å². The molecule has 1 atom stereocenters. The number of halogens is 3. The lowest BCUT2D eigenvalue weighted by molar-refractivity contribution is -0.130. The second-order valence-corrected chi connectivity index (χ2v) is 6.11. The summed E-state index contributed by atoms with van der Waals surface area (Å²) >= 11 is 5.90. The first kappa shape index (κ1) is 18.4. The average molecular weight is 361 g/mol. The molecule has 0 radical (unpaired) electrons. The molecule has 132 valence electrons. The van der Waals surface area contributed by atoms with Gasteiger partial charge in [0.2, 0.25) is 5.91 Å². The third-order valence-electron chi connectivity index (χ3n) is 4.12. The summed E-state index contributed by atoms with van der Waals surface area (Å²) in [5, 5.41) is -0.0458. The largest absolute Gasteiger partial charge is 0.433 e. The molecule has 2 rings (SSSR count). The molecule has 8 heteroatoms. The molecule has 0 unspecified atom stereocenters. The second-order valence-electron chi connectivity index (χ2n) is 5.70. The third kappa shape index (κ3) is 4.35. The highest BCUT2D eigenvalue weighted by atomic mass is 35.5. The van der Waals surface area contributed by atoms with Crippen molar-refractivity contribution in [2.75, 3.05) is 20.1 Å². The fourth-order valence-corrected chi connectivity index (χ4v) is 2.95. The lowest BCUT2D eigenvalue weighted by atomic mass is 10.0.